The van der Waals surface area contributed by atoms with Crippen molar-refractivity contribution in [3.05, 3.63) is 53.0 Å². The highest BCUT2D eigenvalue weighted by molar-refractivity contribution is 7.96. The van der Waals surface area contributed by atoms with Crippen LogP contribution in [0.2, 0.25) is 0 Å². The third kappa shape index (κ3) is 4.24. The number of hydrogen-bond acceptors (Lipinski definition) is 6. The van der Waals surface area contributed by atoms with Crippen molar-refractivity contribution in [1.29, 1.82) is 0 Å². The molecule has 0 amide bonds. The van der Waals surface area contributed by atoms with E-state index in [1.807, 2.05) is 6.92 Å². The Morgan fingerprint density at radius 2 is 1.63 bits per heavy atom. The van der Waals surface area contributed by atoms with Crippen LogP contribution in [0.15, 0.2) is 56.7 Å². The summed E-state index contributed by atoms with van der Waals surface area (Å²) in [6.45, 7) is 2.67. The normalized spacial score (nSPS) is 20.7. The van der Waals surface area contributed by atoms with Gasteiger partial charge in [0.1, 0.15) is 4.91 Å². The van der Waals surface area contributed by atoms with Crippen molar-refractivity contribution in [2.75, 3.05) is 26.3 Å². The molecule has 3 rings (SSSR count). The number of aryl methyl sites for hydroxylation is 1. The molecule has 1 heterocycles. The number of carbonyl (C=O) groups is 1. The number of carbonyl (C=O) groups excluding carboxylic acids is 1. The molecule has 1 aliphatic carbocycles. The molecule has 0 aromatic heterocycles. The highest BCUT2D eigenvalue weighted by atomic mass is 32.2. The molecule has 0 unspecified atom stereocenters. The van der Waals surface area contributed by atoms with Gasteiger partial charge in [-0.1, -0.05) is 17.7 Å². The number of allylic oxidation sites excluding steroid dienone is 4. The first-order valence-corrected chi connectivity index (χ1v) is 11.0. The number of hydrogen-bond donors (Lipinski definition) is 0. The molecule has 144 valence electrons. The van der Waals surface area contributed by atoms with E-state index in [1.54, 1.807) is 12.1 Å². The van der Waals surface area contributed by atoms with E-state index in [1.165, 1.54) is 18.2 Å². The molecule has 1 aromatic rings. The maximum atomic E-state index is 12.8. The van der Waals surface area contributed by atoms with Gasteiger partial charge in [0.25, 0.3) is 0 Å². The van der Waals surface area contributed by atoms with E-state index in [4.69, 9.17) is 4.74 Å². The first-order valence-electron chi connectivity index (χ1n) is 8.14. The van der Waals surface area contributed by atoms with Crippen molar-refractivity contribution in [3.63, 3.8) is 0 Å². The summed E-state index contributed by atoms with van der Waals surface area (Å²) in [4.78, 5) is 11.6. The van der Waals surface area contributed by atoms with Gasteiger partial charge in [-0.3, -0.25) is 4.79 Å². The molecular formula is C17H18N2O6S2. The third-order valence-electron chi connectivity index (χ3n) is 4.07. The topological polar surface area (TPSA) is 110 Å². The molecule has 2 aliphatic rings. The second-order valence-corrected chi connectivity index (χ2v) is 9.54. The van der Waals surface area contributed by atoms with Crippen LogP contribution in [-0.4, -0.2) is 58.9 Å². The molecule has 8 nitrogen and oxygen atoms in total. The smallest absolute Gasteiger partial charge is 0.323 e. The van der Waals surface area contributed by atoms with Gasteiger partial charge in [0.05, 0.1) is 23.8 Å². The zero-order valence-corrected chi connectivity index (χ0v) is 16.2. The SMILES string of the molecule is Cc1ccc(S(=O)(=O)C2=C/C(=N/S(=O)(=O)N3CCOCC3)C=CC2=O)cc1. The quantitative estimate of drug-likeness (QED) is 0.680. The lowest BCUT2D eigenvalue weighted by atomic mass is 10.2. The van der Waals surface area contributed by atoms with Crippen LogP contribution < -0.4 is 0 Å². The fraction of sp³-hybridized carbons (Fsp3) is 0.294. The van der Waals surface area contributed by atoms with Crippen LogP contribution >= 0.6 is 0 Å². The Hall–Kier alpha value is -2.14. The molecule has 0 radical (unpaired) electrons. The fourth-order valence-corrected chi connectivity index (χ4v) is 5.04. The van der Waals surface area contributed by atoms with Crippen LogP contribution in [0.25, 0.3) is 0 Å². The average molecular weight is 410 g/mol. The second-order valence-electron chi connectivity index (χ2n) is 6.03. The number of sulfone groups is 1. The van der Waals surface area contributed by atoms with Gasteiger partial charge in [0.15, 0.2) is 5.78 Å². The van der Waals surface area contributed by atoms with Crippen molar-refractivity contribution < 1.29 is 26.4 Å². The Bertz CT molecular complexity index is 1050. The van der Waals surface area contributed by atoms with Gasteiger partial charge < -0.3 is 4.74 Å². The largest absolute Gasteiger partial charge is 0.379 e. The van der Waals surface area contributed by atoms with Crippen molar-refractivity contribution in [1.82, 2.24) is 4.31 Å². The summed E-state index contributed by atoms with van der Waals surface area (Å²) in [5, 5.41) is 0. The lowest BCUT2D eigenvalue weighted by molar-refractivity contribution is -0.110. The van der Waals surface area contributed by atoms with Crippen LogP contribution in [-0.2, 0) is 29.6 Å². The first-order chi connectivity index (χ1) is 12.7. The van der Waals surface area contributed by atoms with E-state index in [2.05, 4.69) is 4.40 Å². The van der Waals surface area contributed by atoms with Crippen molar-refractivity contribution in [3.8, 4) is 0 Å². The van der Waals surface area contributed by atoms with Gasteiger partial charge in [-0.05, 0) is 37.3 Å². The zero-order chi connectivity index (χ0) is 19.7. The van der Waals surface area contributed by atoms with Crippen molar-refractivity contribution in [2.24, 2.45) is 4.40 Å². The van der Waals surface area contributed by atoms with Crippen LogP contribution in [0.4, 0.5) is 0 Å². The summed E-state index contributed by atoms with van der Waals surface area (Å²) in [6, 6.07) is 6.04. The molecule has 1 aromatic carbocycles. The van der Waals surface area contributed by atoms with Crippen LogP contribution in [0, 0.1) is 6.92 Å². The summed E-state index contributed by atoms with van der Waals surface area (Å²) in [7, 11) is -8.09. The Morgan fingerprint density at radius 1 is 1.00 bits per heavy atom. The molecular weight excluding hydrogens is 392 g/mol. The van der Waals surface area contributed by atoms with E-state index in [9.17, 15) is 21.6 Å². The lowest BCUT2D eigenvalue weighted by Gasteiger charge is -2.24. The third-order valence-corrected chi connectivity index (χ3v) is 7.32. The van der Waals surface area contributed by atoms with Crippen LogP contribution in [0.3, 0.4) is 0 Å². The van der Waals surface area contributed by atoms with Crippen LogP contribution in [0.1, 0.15) is 5.56 Å². The number of nitrogens with zero attached hydrogens (tertiary/aromatic N) is 2. The molecule has 1 aliphatic heterocycles. The standard InChI is InChI=1S/C17H18N2O6S2/c1-13-2-5-15(6-3-13)26(21,22)17-12-14(4-7-16(17)20)18-27(23,24)19-8-10-25-11-9-19/h2-7,12H,8-11H2,1H3/b18-14+. The van der Waals surface area contributed by atoms with E-state index in [-0.39, 0.29) is 36.9 Å². The minimum atomic E-state index is -4.09. The molecule has 0 N–H and O–H groups in total. The van der Waals surface area contributed by atoms with Crippen LogP contribution in [0.5, 0.6) is 0 Å². The summed E-state index contributed by atoms with van der Waals surface area (Å²) in [6.07, 6.45) is 3.19. The van der Waals surface area contributed by atoms with E-state index >= 15 is 0 Å². The van der Waals surface area contributed by atoms with Gasteiger partial charge in [-0.25, -0.2) is 8.42 Å². The molecule has 0 atom stereocenters. The van der Waals surface area contributed by atoms with E-state index in [0.717, 1.165) is 22.0 Å². The zero-order valence-electron chi connectivity index (χ0n) is 14.5. The minimum absolute atomic E-state index is 0.0432. The Morgan fingerprint density at radius 3 is 2.26 bits per heavy atom. The van der Waals surface area contributed by atoms with Gasteiger partial charge in [0.2, 0.25) is 9.84 Å². The van der Waals surface area contributed by atoms with Gasteiger partial charge in [-0.2, -0.15) is 17.1 Å². The van der Waals surface area contributed by atoms with E-state index in [0.29, 0.717) is 0 Å². The molecule has 0 spiro atoms. The summed E-state index contributed by atoms with van der Waals surface area (Å²) in [5.41, 5.74) is 0.753. The molecule has 1 saturated heterocycles. The second kappa shape index (κ2) is 7.47. The summed E-state index contributed by atoms with van der Waals surface area (Å²) < 4.78 is 60.2. The van der Waals surface area contributed by atoms with Gasteiger partial charge in [0, 0.05) is 13.1 Å². The maximum Gasteiger partial charge on any atom is 0.323 e. The molecule has 27 heavy (non-hydrogen) atoms. The van der Waals surface area contributed by atoms with Gasteiger partial charge >= 0.3 is 10.2 Å². The average Bonchev–Trinajstić information content (AvgIpc) is 2.64. The molecule has 10 heteroatoms. The molecule has 0 saturated carbocycles. The Balaban J connectivity index is 1.97. The Labute approximate surface area is 158 Å². The molecule has 1 fully saturated rings. The highest BCUT2D eigenvalue weighted by Crippen LogP contribution is 2.23. The lowest BCUT2D eigenvalue weighted by Crippen LogP contribution is -2.40. The predicted molar refractivity (Wildman–Crippen MR) is 99.3 cm³/mol. The number of rotatable bonds is 4. The summed E-state index contributed by atoms with van der Waals surface area (Å²) in [5.74, 6) is -0.724. The number of morpholine rings is 1. The molecule has 0 bridgehead atoms. The van der Waals surface area contributed by atoms with E-state index < -0.39 is 30.7 Å². The highest BCUT2D eigenvalue weighted by Gasteiger charge is 2.29. The predicted octanol–water partition coefficient (Wildman–Crippen LogP) is 0.810. The number of ether oxygens (including phenoxy) is 1. The Kier molecular flexibility index (Phi) is 5.43. The maximum absolute atomic E-state index is 12.8. The first kappa shape index (κ1) is 19.6. The monoisotopic (exact) mass is 410 g/mol. The van der Waals surface area contributed by atoms with Gasteiger partial charge in [-0.15, -0.1) is 0 Å². The number of benzene rings is 1. The number of ketones is 1. The summed E-state index contributed by atoms with van der Waals surface area (Å²) >= 11 is 0. The minimum Gasteiger partial charge on any atom is -0.379 e. The fourth-order valence-electron chi connectivity index (χ4n) is 2.58. The van der Waals surface area contributed by atoms with Crippen molar-refractivity contribution >= 4 is 31.5 Å². The van der Waals surface area contributed by atoms with Crippen molar-refractivity contribution in [2.45, 2.75) is 11.8 Å².